The monoisotopic (exact) mass is 454 g/mol. The molecule has 1 aromatic heterocycles. The van der Waals surface area contributed by atoms with E-state index >= 15 is 0 Å². The molecule has 0 saturated heterocycles. The van der Waals surface area contributed by atoms with E-state index in [0.29, 0.717) is 34.8 Å². The van der Waals surface area contributed by atoms with Crippen LogP contribution in [0.2, 0.25) is 0 Å². The van der Waals surface area contributed by atoms with Crippen molar-refractivity contribution in [3.8, 4) is 22.8 Å². The van der Waals surface area contributed by atoms with Crippen molar-refractivity contribution in [1.82, 2.24) is 15.1 Å². The van der Waals surface area contributed by atoms with Gasteiger partial charge in [0.2, 0.25) is 0 Å². The number of aromatic amines is 1. The molecule has 1 aliphatic rings. The number of hydrogen-bond donors (Lipinski definition) is 3. The Hall–Kier alpha value is -4.59. The van der Waals surface area contributed by atoms with Crippen LogP contribution in [0.25, 0.3) is 11.3 Å². The zero-order valence-corrected chi connectivity index (χ0v) is 18.1. The molecule has 4 aromatic rings. The number of nitrogens with two attached hydrogens (primary N) is 1. The lowest BCUT2D eigenvalue weighted by molar-refractivity contribution is -0.119. The fourth-order valence-electron chi connectivity index (χ4n) is 4.27. The second-order valence-corrected chi connectivity index (χ2v) is 8.02. The van der Waals surface area contributed by atoms with E-state index in [1.165, 1.54) is 0 Å². The third-order valence-corrected chi connectivity index (χ3v) is 5.80. The summed E-state index contributed by atoms with van der Waals surface area (Å²) in [6, 6.07) is 23.4. The third-order valence-electron chi connectivity index (χ3n) is 5.80. The number of aromatic hydroxyl groups is 1. The van der Waals surface area contributed by atoms with E-state index in [4.69, 9.17) is 10.5 Å². The average Bonchev–Trinajstić information content (AvgIpc) is 3.38. The first kappa shape index (κ1) is 21.3. The summed E-state index contributed by atoms with van der Waals surface area (Å²) in [6.45, 7) is 0.178. The van der Waals surface area contributed by atoms with Gasteiger partial charge in [0.05, 0.1) is 6.04 Å². The summed E-state index contributed by atoms with van der Waals surface area (Å²) in [5.41, 5.74) is 9.16. The van der Waals surface area contributed by atoms with Crippen LogP contribution in [0, 0.1) is 0 Å². The van der Waals surface area contributed by atoms with Gasteiger partial charge in [0.1, 0.15) is 22.9 Å². The molecule has 1 atom stereocenters. The zero-order valence-electron chi connectivity index (χ0n) is 18.1. The molecule has 8 nitrogen and oxygen atoms in total. The third kappa shape index (κ3) is 3.86. The molecule has 5 rings (SSSR count). The molecule has 0 radical (unpaired) electrons. The van der Waals surface area contributed by atoms with E-state index < -0.39 is 11.9 Å². The standard InChI is InChI=1S/C26H22N4O4/c27-21(32)15-34-18-12-10-17(11-13-18)25-22-23(19-8-4-5-9-20(19)31)28-29-24(22)26(33)30(25)14-16-6-2-1-3-7-16/h1-13,25,31H,14-15H2,(H2,27,32)(H,28,29). The number of hydrogen-bond acceptors (Lipinski definition) is 5. The molecular formula is C26H22N4O4. The second-order valence-electron chi connectivity index (χ2n) is 8.02. The Morgan fingerprint density at radius 1 is 1.03 bits per heavy atom. The number of para-hydroxylation sites is 1. The molecule has 0 bridgehead atoms. The first-order valence-electron chi connectivity index (χ1n) is 10.8. The fourth-order valence-corrected chi connectivity index (χ4v) is 4.27. The minimum atomic E-state index is -0.560. The molecule has 4 N–H and O–H groups in total. The number of rotatable bonds is 7. The molecule has 1 aliphatic heterocycles. The number of carbonyl (C=O) groups excluding carboxylic acids is 2. The van der Waals surface area contributed by atoms with E-state index in [9.17, 15) is 14.7 Å². The molecule has 34 heavy (non-hydrogen) atoms. The summed E-state index contributed by atoms with van der Waals surface area (Å²) < 4.78 is 5.39. The lowest BCUT2D eigenvalue weighted by Crippen LogP contribution is -2.29. The molecule has 0 spiro atoms. The average molecular weight is 454 g/mol. The number of nitrogens with zero attached hydrogens (tertiary/aromatic N) is 2. The van der Waals surface area contributed by atoms with Crippen molar-refractivity contribution >= 4 is 11.8 Å². The highest BCUT2D eigenvalue weighted by atomic mass is 16.5. The van der Waals surface area contributed by atoms with Gasteiger partial charge < -0.3 is 20.5 Å². The lowest BCUT2D eigenvalue weighted by Gasteiger charge is -2.26. The topological polar surface area (TPSA) is 122 Å². The maximum atomic E-state index is 13.5. The number of nitrogens with one attached hydrogen (secondary N) is 1. The molecule has 0 aliphatic carbocycles. The smallest absolute Gasteiger partial charge is 0.273 e. The number of ether oxygens (including phenoxy) is 1. The van der Waals surface area contributed by atoms with E-state index in [1.807, 2.05) is 48.5 Å². The molecule has 0 fully saturated rings. The Labute approximate surface area is 195 Å². The minimum Gasteiger partial charge on any atom is -0.507 e. The SMILES string of the molecule is NC(=O)COc1ccc(C2c3c(-c4ccccc4O)n[nH]c3C(=O)N2Cc2ccccc2)cc1. The van der Waals surface area contributed by atoms with Crippen LogP contribution >= 0.6 is 0 Å². The van der Waals surface area contributed by atoms with Crippen LogP contribution in [0.1, 0.15) is 33.2 Å². The van der Waals surface area contributed by atoms with Gasteiger partial charge in [-0.3, -0.25) is 14.7 Å². The van der Waals surface area contributed by atoms with Crippen LogP contribution in [0.3, 0.4) is 0 Å². The minimum absolute atomic E-state index is 0.0831. The highest BCUT2D eigenvalue weighted by Crippen LogP contribution is 2.45. The number of aromatic nitrogens is 2. The van der Waals surface area contributed by atoms with E-state index in [2.05, 4.69) is 10.2 Å². The second kappa shape index (κ2) is 8.74. The first-order valence-corrected chi connectivity index (χ1v) is 10.8. The Bertz CT molecular complexity index is 1350. The van der Waals surface area contributed by atoms with Gasteiger partial charge in [0.25, 0.3) is 11.8 Å². The van der Waals surface area contributed by atoms with Crippen molar-refractivity contribution in [3.63, 3.8) is 0 Å². The van der Waals surface area contributed by atoms with Crippen LogP contribution in [0.4, 0.5) is 0 Å². The van der Waals surface area contributed by atoms with Crippen LogP contribution in [-0.4, -0.2) is 38.6 Å². The molecule has 2 amide bonds. The fraction of sp³-hybridized carbons (Fsp3) is 0.115. The molecule has 8 heteroatoms. The zero-order chi connectivity index (χ0) is 23.7. The Morgan fingerprint density at radius 3 is 2.44 bits per heavy atom. The maximum absolute atomic E-state index is 13.5. The number of fused-ring (bicyclic) bond motifs is 1. The molecule has 2 heterocycles. The Kier molecular flexibility index (Phi) is 5.47. The van der Waals surface area contributed by atoms with Gasteiger partial charge in [-0.2, -0.15) is 5.10 Å². The number of carbonyl (C=O) groups is 2. The van der Waals surface area contributed by atoms with E-state index in [0.717, 1.165) is 11.1 Å². The number of H-pyrrole nitrogens is 1. The molecule has 1 unspecified atom stereocenters. The quantitative estimate of drug-likeness (QED) is 0.395. The van der Waals surface area contributed by atoms with E-state index in [-0.39, 0.29) is 18.3 Å². The van der Waals surface area contributed by atoms with Crippen molar-refractivity contribution in [2.45, 2.75) is 12.6 Å². The van der Waals surface area contributed by atoms with Crippen molar-refractivity contribution in [3.05, 3.63) is 101 Å². The van der Waals surface area contributed by atoms with Crippen LogP contribution < -0.4 is 10.5 Å². The molecular weight excluding hydrogens is 432 g/mol. The van der Waals surface area contributed by atoms with Crippen LogP contribution in [-0.2, 0) is 11.3 Å². The molecule has 170 valence electrons. The van der Waals surface area contributed by atoms with Crippen LogP contribution in [0.5, 0.6) is 11.5 Å². The number of phenols is 1. The summed E-state index contributed by atoms with van der Waals surface area (Å²) in [5.74, 6) is -0.156. The van der Waals surface area contributed by atoms with Gasteiger partial charge in [0, 0.05) is 17.7 Å². The summed E-state index contributed by atoms with van der Waals surface area (Å²) in [4.78, 5) is 26.3. The predicted molar refractivity (Wildman–Crippen MR) is 125 cm³/mol. The van der Waals surface area contributed by atoms with Crippen molar-refractivity contribution < 1.29 is 19.4 Å². The number of phenolic OH excluding ortho intramolecular Hbond substituents is 1. The number of primary amides is 1. The van der Waals surface area contributed by atoms with Gasteiger partial charge in [0.15, 0.2) is 6.61 Å². The predicted octanol–water partition coefficient (Wildman–Crippen LogP) is 3.39. The van der Waals surface area contributed by atoms with Gasteiger partial charge in [-0.15, -0.1) is 0 Å². The summed E-state index contributed by atoms with van der Waals surface area (Å²) in [6.07, 6.45) is 0. The van der Waals surface area contributed by atoms with Crippen molar-refractivity contribution in [2.75, 3.05) is 6.61 Å². The van der Waals surface area contributed by atoms with Crippen molar-refractivity contribution in [2.24, 2.45) is 5.73 Å². The highest BCUT2D eigenvalue weighted by Gasteiger charge is 2.42. The maximum Gasteiger partial charge on any atom is 0.273 e. The van der Waals surface area contributed by atoms with Gasteiger partial charge >= 0.3 is 0 Å². The highest BCUT2D eigenvalue weighted by molar-refractivity contribution is 6.00. The summed E-state index contributed by atoms with van der Waals surface area (Å²) >= 11 is 0. The largest absolute Gasteiger partial charge is 0.507 e. The normalized spacial score (nSPS) is 14.8. The van der Waals surface area contributed by atoms with E-state index in [1.54, 1.807) is 35.2 Å². The summed E-state index contributed by atoms with van der Waals surface area (Å²) in [7, 11) is 0. The van der Waals surface area contributed by atoms with Gasteiger partial charge in [-0.25, -0.2) is 0 Å². The number of benzene rings is 3. The molecule has 0 saturated carbocycles. The first-order chi connectivity index (χ1) is 16.5. The van der Waals surface area contributed by atoms with Gasteiger partial charge in [-0.1, -0.05) is 54.6 Å². The Balaban J connectivity index is 1.59. The van der Waals surface area contributed by atoms with Crippen LogP contribution in [0.15, 0.2) is 78.9 Å². The van der Waals surface area contributed by atoms with Gasteiger partial charge in [-0.05, 0) is 35.4 Å². The lowest BCUT2D eigenvalue weighted by atomic mass is 9.95. The van der Waals surface area contributed by atoms with Crippen molar-refractivity contribution in [1.29, 1.82) is 0 Å². The Morgan fingerprint density at radius 2 is 1.74 bits per heavy atom. The molecule has 3 aromatic carbocycles. The summed E-state index contributed by atoms with van der Waals surface area (Å²) in [5, 5.41) is 17.8. The number of amides is 2.